The molecule has 0 spiro atoms. The second-order valence-electron chi connectivity index (χ2n) is 6.80. The van der Waals surface area contributed by atoms with Crippen LogP contribution in [0.2, 0.25) is 0 Å². The van der Waals surface area contributed by atoms with Crippen molar-refractivity contribution >= 4 is 17.8 Å². The van der Waals surface area contributed by atoms with Gasteiger partial charge in [-0.15, -0.1) is 0 Å². The molecule has 7 nitrogen and oxygen atoms in total. The molecule has 2 N–H and O–H groups in total. The maximum Gasteiger partial charge on any atom is 0.335 e. The van der Waals surface area contributed by atoms with Crippen molar-refractivity contribution in [3.8, 4) is 0 Å². The third-order valence-electron chi connectivity index (χ3n) is 4.40. The van der Waals surface area contributed by atoms with Gasteiger partial charge in [-0.2, -0.15) is 0 Å². The Morgan fingerprint density at radius 1 is 1.26 bits per heavy atom. The van der Waals surface area contributed by atoms with Gasteiger partial charge in [0.15, 0.2) is 0 Å². The molecule has 1 aliphatic carbocycles. The molecular weight excluding hydrogens is 350 g/mol. The number of nitrogens with one attached hydrogen (secondary N) is 1. The number of hydrogen-bond acceptors (Lipinski definition) is 5. The average Bonchev–Trinajstić information content (AvgIpc) is 2.61. The van der Waals surface area contributed by atoms with Crippen LogP contribution in [0, 0.1) is 0 Å². The zero-order valence-electron chi connectivity index (χ0n) is 15.9. The van der Waals surface area contributed by atoms with Gasteiger partial charge in [0.1, 0.15) is 0 Å². The van der Waals surface area contributed by atoms with Crippen molar-refractivity contribution in [1.29, 1.82) is 0 Å². The lowest BCUT2D eigenvalue weighted by atomic mass is 9.78. The van der Waals surface area contributed by atoms with Crippen LogP contribution in [0.3, 0.4) is 0 Å². The highest BCUT2D eigenvalue weighted by molar-refractivity contribution is 5.89. The van der Waals surface area contributed by atoms with Gasteiger partial charge in [0.05, 0.1) is 30.9 Å². The topological polar surface area (TPSA) is 102 Å². The fourth-order valence-corrected chi connectivity index (χ4v) is 3.33. The molecule has 0 unspecified atom stereocenters. The molecule has 0 bridgehead atoms. The number of aromatic carboxylic acids is 1. The molecule has 0 saturated heterocycles. The number of carbonyl (C=O) groups excluding carboxylic acids is 2. The van der Waals surface area contributed by atoms with Crippen LogP contribution in [0.1, 0.15) is 49.0 Å². The molecule has 1 amide bonds. The molecule has 0 saturated carbocycles. The summed E-state index contributed by atoms with van der Waals surface area (Å²) >= 11 is 0. The molecule has 0 fully saturated rings. The Morgan fingerprint density at radius 2 is 1.96 bits per heavy atom. The summed E-state index contributed by atoms with van der Waals surface area (Å²) in [5.74, 6) is -2.07. The monoisotopic (exact) mass is 375 g/mol. The summed E-state index contributed by atoms with van der Waals surface area (Å²) in [4.78, 5) is 35.3. The summed E-state index contributed by atoms with van der Waals surface area (Å²) in [6, 6.07) is 6.06. The zero-order valence-corrected chi connectivity index (χ0v) is 15.9. The summed E-state index contributed by atoms with van der Waals surface area (Å²) in [6.07, 6.45) is 1.31. The van der Waals surface area contributed by atoms with E-state index in [4.69, 9.17) is 9.47 Å². The number of ether oxygens (including phenoxy) is 2. The van der Waals surface area contributed by atoms with Gasteiger partial charge in [-0.05, 0) is 44.0 Å². The van der Waals surface area contributed by atoms with E-state index in [1.807, 2.05) is 13.8 Å². The van der Waals surface area contributed by atoms with E-state index in [1.54, 1.807) is 24.3 Å². The lowest BCUT2D eigenvalue weighted by molar-refractivity contribution is -0.136. The number of benzene rings is 1. The predicted octanol–water partition coefficient (Wildman–Crippen LogP) is 2.27. The molecule has 0 radical (unpaired) electrons. The van der Waals surface area contributed by atoms with Crippen LogP contribution in [-0.2, 0) is 19.1 Å². The van der Waals surface area contributed by atoms with Crippen LogP contribution in [0.15, 0.2) is 35.9 Å². The van der Waals surface area contributed by atoms with Crippen molar-refractivity contribution in [2.45, 2.75) is 51.4 Å². The number of esters is 1. The average molecular weight is 375 g/mol. The Hall–Kier alpha value is -2.67. The molecule has 7 heteroatoms. The summed E-state index contributed by atoms with van der Waals surface area (Å²) in [5, 5.41) is 12.2. The van der Waals surface area contributed by atoms with Crippen molar-refractivity contribution < 1.29 is 29.0 Å². The fraction of sp³-hybridized carbons (Fsp3) is 0.450. The van der Waals surface area contributed by atoms with Crippen molar-refractivity contribution in [3.63, 3.8) is 0 Å². The van der Waals surface area contributed by atoms with Crippen molar-refractivity contribution in [1.82, 2.24) is 5.32 Å². The van der Waals surface area contributed by atoms with E-state index in [1.165, 1.54) is 20.1 Å². The molecule has 1 aromatic carbocycles. The Kier molecular flexibility index (Phi) is 6.74. The smallest absolute Gasteiger partial charge is 0.335 e. The van der Waals surface area contributed by atoms with Crippen molar-refractivity contribution in [2.75, 3.05) is 7.11 Å². The third-order valence-corrected chi connectivity index (χ3v) is 4.40. The molecule has 3 atom stereocenters. The van der Waals surface area contributed by atoms with E-state index >= 15 is 0 Å². The molecule has 146 valence electrons. The first-order chi connectivity index (χ1) is 12.7. The Labute approximate surface area is 158 Å². The van der Waals surface area contributed by atoms with E-state index in [9.17, 15) is 19.5 Å². The summed E-state index contributed by atoms with van der Waals surface area (Å²) < 4.78 is 10.8. The fourth-order valence-electron chi connectivity index (χ4n) is 3.33. The van der Waals surface area contributed by atoms with Crippen LogP contribution in [-0.4, -0.2) is 48.3 Å². The highest BCUT2D eigenvalue weighted by Gasteiger charge is 2.38. The zero-order chi connectivity index (χ0) is 20.1. The highest BCUT2D eigenvalue weighted by Crippen LogP contribution is 2.36. The van der Waals surface area contributed by atoms with Crippen LogP contribution < -0.4 is 5.32 Å². The van der Waals surface area contributed by atoms with Gasteiger partial charge in [-0.3, -0.25) is 4.79 Å². The van der Waals surface area contributed by atoms with Crippen molar-refractivity contribution in [2.24, 2.45) is 0 Å². The molecule has 0 heterocycles. The van der Waals surface area contributed by atoms with E-state index in [0.29, 0.717) is 17.6 Å². The molecule has 2 rings (SSSR count). The third kappa shape index (κ3) is 5.17. The minimum absolute atomic E-state index is 0.134. The summed E-state index contributed by atoms with van der Waals surface area (Å²) in [6.45, 7) is 5.15. The van der Waals surface area contributed by atoms with Gasteiger partial charge >= 0.3 is 11.9 Å². The minimum atomic E-state index is -1.04. The largest absolute Gasteiger partial charge is 0.478 e. The first-order valence-electron chi connectivity index (χ1n) is 8.77. The number of carbonyl (C=O) groups is 3. The van der Waals surface area contributed by atoms with Crippen LogP contribution in [0.5, 0.6) is 0 Å². The number of rotatable bonds is 6. The minimum Gasteiger partial charge on any atom is -0.478 e. The van der Waals surface area contributed by atoms with Gasteiger partial charge in [0.25, 0.3) is 0 Å². The SMILES string of the molecule is COC(=O)C1=C[C@@H](OC(C)C)[C@H](NC(C)=O)[C@@H](c2cccc(C(=O)O)c2)C1. The number of amides is 1. The van der Waals surface area contributed by atoms with Gasteiger partial charge in [-0.25, -0.2) is 9.59 Å². The van der Waals surface area contributed by atoms with E-state index < -0.39 is 24.1 Å². The lowest BCUT2D eigenvalue weighted by Crippen LogP contribution is -2.50. The second kappa shape index (κ2) is 8.81. The number of hydrogen-bond donors (Lipinski definition) is 2. The molecular formula is C20H25NO6. The first-order valence-corrected chi connectivity index (χ1v) is 8.77. The lowest BCUT2D eigenvalue weighted by Gasteiger charge is -2.38. The Morgan fingerprint density at radius 3 is 2.52 bits per heavy atom. The predicted molar refractivity (Wildman–Crippen MR) is 98.5 cm³/mol. The maximum atomic E-state index is 12.2. The van der Waals surface area contributed by atoms with Crippen LogP contribution in [0.4, 0.5) is 0 Å². The van der Waals surface area contributed by atoms with Crippen LogP contribution in [0.25, 0.3) is 0 Å². The van der Waals surface area contributed by atoms with E-state index in [2.05, 4.69) is 5.32 Å². The standard InChI is InChI=1S/C20H25NO6/c1-11(2)27-17-10-15(20(25)26-4)9-16(18(17)21-12(3)22)13-6-5-7-14(8-13)19(23)24/h5-8,10-11,16-18H,9H2,1-4H3,(H,21,22)(H,23,24)/t16-,17-,18-/m1/s1. The number of carboxylic acids is 1. The van der Waals surface area contributed by atoms with Crippen LogP contribution >= 0.6 is 0 Å². The van der Waals surface area contributed by atoms with Gasteiger partial charge in [-0.1, -0.05) is 12.1 Å². The Balaban J connectivity index is 2.51. The summed E-state index contributed by atoms with van der Waals surface area (Å²) in [5.41, 5.74) is 1.29. The first kappa shape index (κ1) is 20.6. The highest BCUT2D eigenvalue weighted by atomic mass is 16.5. The quantitative estimate of drug-likeness (QED) is 0.740. The van der Waals surface area contributed by atoms with Gasteiger partial charge < -0.3 is 19.9 Å². The number of carboxylic acid groups (broad SMARTS) is 1. The second-order valence-corrected chi connectivity index (χ2v) is 6.80. The van der Waals surface area contributed by atoms with Gasteiger partial charge in [0, 0.05) is 18.4 Å². The molecule has 1 aliphatic rings. The Bertz CT molecular complexity index is 755. The summed E-state index contributed by atoms with van der Waals surface area (Å²) in [7, 11) is 1.31. The normalized spacial score (nSPS) is 22.1. The van der Waals surface area contributed by atoms with Crippen molar-refractivity contribution in [3.05, 3.63) is 47.0 Å². The maximum absolute atomic E-state index is 12.2. The number of methoxy groups -OCH3 is 1. The van der Waals surface area contributed by atoms with E-state index in [0.717, 1.165) is 0 Å². The molecule has 1 aromatic rings. The van der Waals surface area contributed by atoms with Gasteiger partial charge in [0.2, 0.25) is 5.91 Å². The van der Waals surface area contributed by atoms with E-state index in [-0.39, 0.29) is 23.5 Å². The molecule has 27 heavy (non-hydrogen) atoms. The molecule has 0 aromatic heterocycles. The molecule has 0 aliphatic heterocycles.